The van der Waals surface area contributed by atoms with Crippen molar-refractivity contribution in [1.82, 2.24) is 10.2 Å². The fourth-order valence-electron chi connectivity index (χ4n) is 3.70. The number of amides is 1. The molecule has 0 bridgehead atoms. The maximum absolute atomic E-state index is 12.3. The Morgan fingerprint density at radius 1 is 1.28 bits per heavy atom. The fraction of sp³-hybridized carbons (Fsp3) is 0.600. The lowest BCUT2D eigenvalue weighted by Crippen LogP contribution is -2.41. The number of nitrogens with one attached hydrogen (secondary N) is 1. The summed E-state index contributed by atoms with van der Waals surface area (Å²) >= 11 is 17.0. The second-order valence-electron chi connectivity index (χ2n) is 8.25. The van der Waals surface area contributed by atoms with E-state index in [9.17, 15) is 9.59 Å². The average Bonchev–Trinajstić information content (AvgIpc) is 2.95. The van der Waals surface area contributed by atoms with E-state index in [0.29, 0.717) is 12.2 Å². The van der Waals surface area contributed by atoms with Gasteiger partial charge in [0.25, 0.3) is 0 Å². The van der Waals surface area contributed by atoms with Gasteiger partial charge in [0.15, 0.2) is 0 Å². The molecule has 1 aliphatic heterocycles. The third-order valence-electron chi connectivity index (χ3n) is 5.00. The lowest BCUT2D eigenvalue weighted by atomic mass is 9.77. The summed E-state index contributed by atoms with van der Waals surface area (Å²) < 4.78 is 8.21. The highest BCUT2D eigenvalue weighted by Crippen LogP contribution is 2.42. The maximum atomic E-state index is 12.3. The Bertz CT molecular complexity index is 735. The van der Waals surface area contributed by atoms with Crippen LogP contribution in [0.2, 0.25) is 0 Å². The summed E-state index contributed by atoms with van der Waals surface area (Å²) in [6, 6.07) is 0.0505. The number of ether oxygens (including phenoxy) is 2. The maximum Gasteiger partial charge on any atom is 0.412 e. The van der Waals surface area contributed by atoms with Crippen molar-refractivity contribution < 1.29 is 19.1 Å². The van der Waals surface area contributed by atoms with Gasteiger partial charge in [-0.3, -0.25) is 10.1 Å². The Kier molecular flexibility index (Phi) is 7.57. The first-order valence-electron chi connectivity index (χ1n) is 9.30. The van der Waals surface area contributed by atoms with Crippen molar-refractivity contribution in [1.29, 1.82) is 0 Å². The molecule has 9 heteroatoms. The molecule has 2 rings (SSSR count). The third kappa shape index (κ3) is 6.30. The molecule has 0 fully saturated rings. The quantitative estimate of drug-likeness (QED) is 0.471. The van der Waals surface area contributed by atoms with E-state index in [-0.39, 0.29) is 35.9 Å². The van der Waals surface area contributed by atoms with Crippen molar-refractivity contribution in [2.24, 2.45) is 17.3 Å². The molecule has 3 atom stereocenters. The number of alkyl halides is 3. The molecular weight excluding hydrogens is 439 g/mol. The molecule has 3 unspecified atom stereocenters. The van der Waals surface area contributed by atoms with Gasteiger partial charge in [-0.2, -0.15) is 0 Å². The van der Waals surface area contributed by atoms with Gasteiger partial charge < -0.3 is 14.4 Å². The predicted molar refractivity (Wildman–Crippen MR) is 114 cm³/mol. The van der Waals surface area contributed by atoms with Crippen LogP contribution in [0.15, 0.2) is 35.8 Å². The molecular formula is C20H27Cl3N2O4. The Morgan fingerprint density at radius 3 is 2.48 bits per heavy atom. The SMILES string of the molecule is COC(=O)C1C=CC=C(N2C(NC(=O)OCC(Cl)(Cl)Cl)=CC(C(C)(C)C)C2C)C1. The molecule has 0 aromatic rings. The zero-order valence-corrected chi connectivity index (χ0v) is 19.4. The number of allylic oxidation sites excluding steroid dienone is 3. The Hall–Kier alpha value is -1.37. The van der Waals surface area contributed by atoms with Crippen molar-refractivity contribution >= 4 is 46.9 Å². The van der Waals surface area contributed by atoms with Gasteiger partial charge in [0, 0.05) is 24.1 Å². The van der Waals surface area contributed by atoms with E-state index in [1.54, 1.807) is 0 Å². The van der Waals surface area contributed by atoms with Gasteiger partial charge in [0.05, 0.1) is 13.0 Å². The number of hydrogen-bond acceptors (Lipinski definition) is 5. The molecule has 29 heavy (non-hydrogen) atoms. The summed E-state index contributed by atoms with van der Waals surface area (Å²) in [5.74, 6) is 0.0522. The molecule has 0 aromatic carbocycles. The summed E-state index contributed by atoms with van der Waals surface area (Å²) in [4.78, 5) is 26.3. The molecule has 0 saturated carbocycles. The van der Waals surface area contributed by atoms with Crippen LogP contribution in [0, 0.1) is 17.3 Å². The number of hydrogen-bond donors (Lipinski definition) is 1. The smallest absolute Gasteiger partial charge is 0.412 e. The molecule has 1 heterocycles. The normalized spacial score (nSPS) is 24.7. The van der Waals surface area contributed by atoms with Crippen molar-refractivity contribution in [3.05, 3.63) is 35.8 Å². The van der Waals surface area contributed by atoms with Crippen LogP contribution in [0.3, 0.4) is 0 Å². The zero-order valence-electron chi connectivity index (χ0n) is 17.2. The van der Waals surface area contributed by atoms with Crippen LogP contribution in [0.25, 0.3) is 0 Å². The number of carbonyl (C=O) groups is 2. The second kappa shape index (κ2) is 9.19. The van der Waals surface area contributed by atoms with Gasteiger partial charge in [0.1, 0.15) is 12.4 Å². The van der Waals surface area contributed by atoms with E-state index in [1.165, 1.54) is 7.11 Å². The zero-order chi connectivity index (χ0) is 22.0. The van der Waals surface area contributed by atoms with Gasteiger partial charge in [-0.15, -0.1) is 0 Å². The topological polar surface area (TPSA) is 67.9 Å². The van der Waals surface area contributed by atoms with Crippen LogP contribution in [0.5, 0.6) is 0 Å². The Balaban J connectivity index is 2.25. The van der Waals surface area contributed by atoms with Gasteiger partial charge in [0.2, 0.25) is 3.79 Å². The number of rotatable bonds is 4. The average molecular weight is 466 g/mol. The molecule has 0 aromatic heterocycles. The number of halogens is 3. The summed E-state index contributed by atoms with van der Waals surface area (Å²) in [6.07, 6.45) is 7.33. The van der Waals surface area contributed by atoms with Gasteiger partial charge in [-0.05, 0) is 24.5 Å². The molecule has 0 spiro atoms. The van der Waals surface area contributed by atoms with Crippen LogP contribution in [0.4, 0.5) is 4.79 Å². The van der Waals surface area contributed by atoms with E-state index in [4.69, 9.17) is 44.3 Å². The molecule has 162 valence electrons. The highest BCUT2D eigenvalue weighted by atomic mass is 35.6. The van der Waals surface area contributed by atoms with Crippen LogP contribution < -0.4 is 5.32 Å². The van der Waals surface area contributed by atoms with Crippen LogP contribution in [-0.2, 0) is 14.3 Å². The largest absolute Gasteiger partial charge is 0.469 e. The fourth-order valence-corrected chi connectivity index (χ4v) is 3.87. The predicted octanol–water partition coefficient (Wildman–Crippen LogP) is 4.92. The molecule has 1 aliphatic carbocycles. The highest BCUT2D eigenvalue weighted by Gasteiger charge is 2.41. The Labute approximate surface area is 186 Å². The number of carbonyl (C=O) groups excluding carboxylic acids is 2. The van der Waals surface area contributed by atoms with Crippen molar-refractivity contribution in [2.45, 2.75) is 44.0 Å². The molecule has 0 saturated heterocycles. The first-order valence-corrected chi connectivity index (χ1v) is 10.4. The van der Waals surface area contributed by atoms with Crippen molar-refractivity contribution in [2.75, 3.05) is 13.7 Å². The Morgan fingerprint density at radius 2 is 1.93 bits per heavy atom. The highest BCUT2D eigenvalue weighted by molar-refractivity contribution is 6.67. The van der Waals surface area contributed by atoms with Crippen molar-refractivity contribution in [3.63, 3.8) is 0 Å². The number of alkyl carbamates (subject to hydrolysis) is 1. The standard InChI is InChI=1S/C20H27Cl3N2O4/c1-12-15(19(2,3)4)10-16(24-18(27)29-11-20(21,22)23)25(12)14-8-6-7-13(9-14)17(26)28-5/h6-8,10,12-13,15H,9,11H2,1-5H3,(H,24,27). The summed E-state index contributed by atoms with van der Waals surface area (Å²) in [6.45, 7) is 8.13. The van der Waals surface area contributed by atoms with Crippen molar-refractivity contribution in [3.8, 4) is 0 Å². The molecule has 0 radical (unpaired) electrons. The number of nitrogens with zero attached hydrogens (tertiary/aromatic N) is 1. The second-order valence-corrected chi connectivity index (χ2v) is 10.8. The molecule has 2 aliphatic rings. The lowest BCUT2D eigenvalue weighted by molar-refractivity contribution is -0.143. The van der Waals surface area contributed by atoms with Gasteiger partial charge >= 0.3 is 12.1 Å². The summed E-state index contributed by atoms with van der Waals surface area (Å²) in [7, 11) is 1.37. The molecule has 6 nitrogen and oxygen atoms in total. The van der Waals surface area contributed by atoms with E-state index >= 15 is 0 Å². The third-order valence-corrected chi connectivity index (χ3v) is 5.32. The molecule has 1 amide bonds. The van der Waals surface area contributed by atoms with Gasteiger partial charge in [-0.1, -0.05) is 67.7 Å². The van der Waals surface area contributed by atoms with Crippen LogP contribution in [0.1, 0.15) is 34.1 Å². The van der Waals surface area contributed by atoms with E-state index in [2.05, 4.69) is 33.0 Å². The van der Waals surface area contributed by atoms with Crippen LogP contribution >= 0.6 is 34.8 Å². The summed E-state index contributed by atoms with van der Waals surface area (Å²) in [5.41, 5.74) is 0.852. The lowest BCUT2D eigenvalue weighted by Gasteiger charge is -2.37. The first kappa shape index (κ1) is 23.9. The van der Waals surface area contributed by atoms with Gasteiger partial charge in [-0.25, -0.2) is 4.79 Å². The summed E-state index contributed by atoms with van der Waals surface area (Å²) in [5, 5.41) is 2.76. The first-order chi connectivity index (χ1) is 13.3. The van der Waals surface area contributed by atoms with Crippen LogP contribution in [-0.4, -0.2) is 40.5 Å². The monoisotopic (exact) mass is 464 g/mol. The minimum atomic E-state index is -1.69. The number of esters is 1. The van der Waals surface area contributed by atoms with E-state index in [1.807, 2.05) is 29.2 Å². The van der Waals surface area contributed by atoms with E-state index < -0.39 is 9.89 Å². The molecule has 1 N–H and O–H groups in total. The minimum absolute atomic E-state index is 0.0462. The minimum Gasteiger partial charge on any atom is -0.469 e. The van der Waals surface area contributed by atoms with E-state index in [0.717, 1.165) is 5.70 Å². The number of methoxy groups -OCH3 is 1.